The number of hydrogen-bond donors (Lipinski definition) is 0. The van der Waals surface area contributed by atoms with Crippen molar-refractivity contribution < 1.29 is 13.0 Å². The molecule has 1 aromatic heterocycles. The van der Waals surface area contributed by atoms with Crippen molar-refractivity contribution in [3.8, 4) is 0 Å². The van der Waals surface area contributed by atoms with E-state index in [1.54, 1.807) is 60.5 Å². The van der Waals surface area contributed by atoms with Crippen LogP contribution in [-0.2, 0) is 14.6 Å². The Balaban J connectivity index is 2.06. The van der Waals surface area contributed by atoms with E-state index >= 15 is 0 Å². The van der Waals surface area contributed by atoms with Gasteiger partial charge in [0.2, 0.25) is 0 Å². The molecule has 0 saturated heterocycles. The van der Waals surface area contributed by atoms with Crippen LogP contribution in [0.25, 0.3) is 0 Å². The Morgan fingerprint density at radius 1 is 0.806 bits per heavy atom. The molecule has 0 radical (unpaired) electrons. The van der Waals surface area contributed by atoms with E-state index in [9.17, 15) is 13.0 Å². The number of benzene rings is 3. The summed E-state index contributed by atoms with van der Waals surface area (Å²) in [5.74, 6) is 0.143. The standard InChI is InChI=1S/C22H21N4O3PS/c1-25(18-12-6-3-7-13-18)22-21(23-24-26(22)31(2,28)29)30(27,19-14-8-4-9-15-19)20-16-10-5-11-17-20/h3-17H,1-2H3. The average molecular weight is 452 g/mol. The molecule has 0 atom stereocenters. The third-order valence-corrected chi connectivity index (χ3v) is 8.73. The van der Waals surface area contributed by atoms with Crippen LogP contribution in [0.3, 0.4) is 0 Å². The molecule has 7 nitrogen and oxygen atoms in total. The Bertz CT molecular complexity index is 1300. The van der Waals surface area contributed by atoms with Crippen molar-refractivity contribution in [2.45, 2.75) is 0 Å². The Labute approximate surface area is 181 Å². The highest BCUT2D eigenvalue weighted by Crippen LogP contribution is 2.45. The zero-order valence-corrected chi connectivity index (χ0v) is 18.7. The first-order chi connectivity index (χ1) is 14.8. The summed E-state index contributed by atoms with van der Waals surface area (Å²) in [6.07, 6.45) is 1.05. The Morgan fingerprint density at radius 3 is 1.71 bits per heavy atom. The summed E-state index contributed by atoms with van der Waals surface area (Å²) in [5.41, 5.74) is 0.824. The van der Waals surface area contributed by atoms with Crippen molar-refractivity contribution in [3.63, 3.8) is 0 Å². The number of anilines is 2. The molecule has 3 aromatic carbocycles. The van der Waals surface area contributed by atoms with E-state index in [4.69, 9.17) is 0 Å². The monoisotopic (exact) mass is 452 g/mol. The molecule has 1 heterocycles. The first-order valence-corrected chi connectivity index (χ1v) is 13.1. The van der Waals surface area contributed by atoms with Crippen LogP contribution < -0.4 is 20.9 Å². The predicted octanol–water partition coefficient (Wildman–Crippen LogP) is 2.49. The summed E-state index contributed by atoms with van der Waals surface area (Å²) < 4.78 is 40.7. The average Bonchev–Trinajstić information content (AvgIpc) is 3.26. The van der Waals surface area contributed by atoms with Crippen LogP contribution in [0.4, 0.5) is 11.5 Å². The van der Waals surface area contributed by atoms with Gasteiger partial charge in [0.25, 0.3) is 10.0 Å². The van der Waals surface area contributed by atoms with Gasteiger partial charge >= 0.3 is 0 Å². The summed E-state index contributed by atoms with van der Waals surface area (Å²) in [4.78, 5) is 1.65. The maximum Gasteiger partial charge on any atom is 0.254 e. The van der Waals surface area contributed by atoms with E-state index in [1.165, 1.54) is 0 Å². The van der Waals surface area contributed by atoms with Gasteiger partial charge in [0.05, 0.1) is 6.26 Å². The normalized spacial score (nSPS) is 11.9. The van der Waals surface area contributed by atoms with Crippen LogP contribution in [0.15, 0.2) is 91.0 Å². The molecule has 0 N–H and O–H groups in total. The highest BCUT2D eigenvalue weighted by atomic mass is 32.2. The molecule has 0 spiro atoms. The van der Waals surface area contributed by atoms with Gasteiger partial charge in [0, 0.05) is 23.3 Å². The predicted molar refractivity (Wildman–Crippen MR) is 124 cm³/mol. The van der Waals surface area contributed by atoms with Crippen molar-refractivity contribution in [3.05, 3.63) is 91.0 Å². The van der Waals surface area contributed by atoms with E-state index in [2.05, 4.69) is 10.3 Å². The van der Waals surface area contributed by atoms with E-state index in [0.29, 0.717) is 16.3 Å². The highest BCUT2D eigenvalue weighted by Gasteiger charge is 2.39. The van der Waals surface area contributed by atoms with Gasteiger partial charge < -0.3 is 9.46 Å². The Morgan fingerprint density at radius 2 is 1.26 bits per heavy atom. The fourth-order valence-corrected chi connectivity index (χ4v) is 6.83. The van der Waals surface area contributed by atoms with Crippen molar-refractivity contribution >= 4 is 44.7 Å². The van der Waals surface area contributed by atoms with Gasteiger partial charge in [-0.05, 0) is 17.3 Å². The molecular formula is C22H21N4O3PS. The molecule has 9 heteroatoms. The zero-order valence-electron chi connectivity index (χ0n) is 17.0. The molecule has 0 unspecified atom stereocenters. The third kappa shape index (κ3) is 3.80. The Hall–Kier alpha value is -3.22. The molecule has 0 aliphatic carbocycles. The second-order valence-electron chi connectivity index (χ2n) is 7.02. The summed E-state index contributed by atoms with van der Waals surface area (Å²) in [6.45, 7) is 0. The summed E-state index contributed by atoms with van der Waals surface area (Å²) >= 11 is 0. The van der Waals surface area contributed by atoms with Crippen molar-refractivity contribution in [1.29, 1.82) is 0 Å². The Kier molecular flexibility index (Phi) is 5.52. The van der Waals surface area contributed by atoms with Gasteiger partial charge in [-0.2, -0.15) is 0 Å². The lowest BCUT2D eigenvalue weighted by molar-refractivity contribution is 0.583. The molecule has 0 amide bonds. The van der Waals surface area contributed by atoms with E-state index in [-0.39, 0.29) is 11.3 Å². The van der Waals surface area contributed by atoms with Crippen LogP contribution in [0.2, 0.25) is 0 Å². The minimum Gasteiger partial charge on any atom is -0.327 e. The number of para-hydroxylation sites is 1. The molecule has 0 saturated carbocycles. The van der Waals surface area contributed by atoms with E-state index in [1.807, 2.05) is 42.5 Å². The first-order valence-electron chi connectivity index (χ1n) is 9.50. The van der Waals surface area contributed by atoms with E-state index < -0.39 is 17.2 Å². The van der Waals surface area contributed by atoms with E-state index in [0.717, 1.165) is 10.3 Å². The van der Waals surface area contributed by atoms with Crippen LogP contribution in [0.1, 0.15) is 0 Å². The van der Waals surface area contributed by atoms with Crippen molar-refractivity contribution in [2.24, 2.45) is 0 Å². The smallest absolute Gasteiger partial charge is 0.254 e. The second-order valence-corrected chi connectivity index (χ2v) is 11.5. The molecule has 0 fully saturated rings. The molecule has 158 valence electrons. The van der Waals surface area contributed by atoms with Crippen molar-refractivity contribution in [2.75, 3.05) is 18.2 Å². The van der Waals surface area contributed by atoms with Gasteiger partial charge in [-0.15, -0.1) is 9.19 Å². The molecule has 0 aliphatic rings. The largest absolute Gasteiger partial charge is 0.327 e. The molecule has 0 aliphatic heterocycles. The minimum absolute atomic E-state index is 0.113. The fraction of sp³-hybridized carbons (Fsp3) is 0.0909. The molecule has 4 rings (SSSR count). The van der Waals surface area contributed by atoms with Gasteiger partial charge in [0.15, 0.2) is 18.4 Å². The summed E-state index contributed by atoms with van der Waals surface area (Å²) in [7, 11) is -5.64. The molecular weight excluding hydrogens is 431 g/mol. The minimum atomic E-state index is -3.81. The highest BCUT2D eigenvalue weighted by molar-refractivity contribution is 7.89. The van der Waals surface area contributed by atoms with Crippen LogP contribution in [-0.4, -0.2) is 36.1 Å². The molecule has 4 aromatic rings. The maximum absolute atomic E-state index is 14.8. The van der Waals surface area contributed by atoms with Crippen LogP contribution >= 0.6 is 7.14 Å². The van der Waals surface area contributed by atoms with Gasteiger partial charge in [-0.1, -0.05) is 78.9 Å². The lowest BCUT2D eigenvalue weighted by Gasteiger charge is -2.24. The molecule has 31 heavy (non-hydrogen) atoms. The summed E-state index contributed by atoms with van der Waals surface area (Å²) in [6, 6.07) is 27.1. The lowest BCUT2D eigenvalue weighted by Crippen LogP contribution is -2.31. The topological polar surface area (TPSA) is 85.2 Å². The van der Waals surface area contributed by atoms with Gasteiger partial charge in [0.1, 0.15) is 0 Å². The third-order valence-electron chi connectivity index (χ3n) is 4.92. The van der Waals surface area contributed by atoms with Crippen molar-refractivity contribution in [1.82, 2.24) is 14.4 Å². The van der Waals surface area contributed by atoms with Gasteiger partial charge in [-0.3, -0.25) is 0 Å². The fourth-order valence-electron chi connectivity index (χ4n) is 3.40. The van der Waals surface area contributed by atoms with Crippen LogP contribution in [0, 0.1) is 0 Å². The second kappa shape index (κ2) is 8.13. The maximum atomic E-state index is 14.8. The quantitative estimate of drug-likeness (QED) is 0.418. The number of aromatic nitrogens is 3. The van der Waals surface area contributed by atoms with Gasteiger partial charge in [-0.25, -0.2) is 8.42 Å². The zero-order chi connectivity index (χ0) is 22.1. The molecule has 0 bridgehead atoms. The SMILES string of the molecule is CN(c1ccccc1)c1c(P(=O)(c2ccccc2)c2ccccc2)nnn1S(C)(=O)=O. The number of nitrogens with zero attached hydrogens (tertiary/aromatic N) is 4. The first kappa shape index (κ1) is 21.0. The number of rotatable bonds is 6. The summed E-state index contributed by atoms with van der Waals surface area (Å²) in [5, 5.41) is 9.19. The number of hydrogen-bond acceptors (Lipinski definition) is 6. The lowest BCUT2D eigenvalue weighted by atomic mass is 10.3. The van der Waals surface area contributed by atoms with Crippen LogP contribution in [0.5, 0.6) is 0 Å².